The van der Waals surface area contributed by atoms with Crippen molar-refractivity contribution < 1.29 is 1.43 Å². The van der Waals surface area contributed by atoms with E-state index in [1.807, 2.05) is 25.5 Å². The second-order valence-electron chi connectivity index (χ2n) is 2.92. The Morgan fingerprint density at radius 1 is 1.67 bits per heavy atom. The predicted molar refractivity (Wildman–Crippen MR) is 53.1 cm³/mol. The van der Waals surface area contributed by atoms with Crippen LogP contribution in [-0.4, -0.2) is 12.0 Å². The van der Waals surface area contributed by atoms with E-state index in [2.05, 4.69) is 23.3 Å². The molecule has 0 bridgehead atoms. The number of aromatic nitrogens is 1. The fourth-order valence-corrected chi connectivity index (χ4v) is 1.35. The fraction of sp³-hybridized carbons (Fsp3) is 0.500. The Balaban J connectivity index is 0.00000144. The van der Waals surface area contributed by atoms with E-state index in [0.717, 1.165) is 0 Å². The molecule has 2 heteroatoms. The van der Waals surface area contributed by atoms with E-state index in [0.29, 0.717) is 6.04 Å². The Morgan fingerprint density at radius 3 is 3.00 bits per heavy atom. The zero-order valence-corrected chi connectivity index (χ0v) is 7.75. The minimum absolute atomic E-state index is 0. The van der Waals surface area contributed by atoms with Crippen LogP contribution < -0.4 is 5.32 Å². The summed E-state index contributed by atoms with van der Waals surface area (Å²) in [5, 5.41) is 3.28. The molecule has 0 saturated heterocycles. The third-order valence-corrected chi connectivity index (χ3v) is 2.01. The maximum Gasteiger partial charge on any atom is 0.0332 e. The number of hydrogen-bond acceptors (Lipinski definition) is 2. The first kappa shape index (κ1) is 9.20. The van der Waals surface area contributed by atoms with Crippen molar-refractivity contribution in [3.8, 4) is 0 Å². The van der Waals surface area contributed by atoms with Crippen molar-refractivity contribution in [2.45, 2.75) is 25.8 Å². The molecule has 0 aliphatic heterocycles. The highest BCUT2D eigenvalue weighted by atomic mass is 14.9. The molecule has 2 nitrogen and oxygen atoms in total. The van der Waals surface area contributed by atoms with Gasteiger partial charge in [-0.15, -0.1) is 0 Å². The largest absolute Gasteiger partial charge is 0.313 e. The lowest BCUT2D eigenvalue weighted by Gasteiger charge is -2.14. The van der Waals surface area contributed by atoms with E-state index in [9.17, 15) is 0 Å². The highest BCUT2D eigenvalue weighted by Crippen LogP contribution is 2.15. The van der Waals surface area contributed by atoms with Gasteiger partial charge in [0.25, 0.3) is 0 Å². The highest BCUT2D eigenvalue weighted by molar-refractivity contribution is 5.13. The van der Waals surface area contributed by atoms with Crippen LogP contribution in [0.15, 0.2) is 24.5 Å². The lowest BCUT2D eigenvalue weighted by molar-refractivity contribution is 0.540. The van der Waals surface area contributed by atoms with E-state index < -0.39 is 0 Å². The Bertz CT molecular complexity index is 213. The van der Waals surface area contributed by atoms with Gasteiger partial charge >= 0.3 is 0 Å². The molecule has 1 aromatic heterocycles. The second-order valence-corrected chi connectivity index (χ2v) is 2.92. The van der Waals surface area contributed by atoms with Gasteiger partial charge in [0.2, 0.25) is 0 Å². The molecule has 1 rings (SSSR count). The van der Waals surface area contributed by atoms with E-state index in [4.69, 9.17) is 0 Å². The molecule has 0 fully saturated rings. The van der Waals surface area contributed by atoms with Crippen LogP contribution in [0.4, 0.5) is 0 Å². The van der Waals surface area contributed by atoms with E-state index in [1.54, 1.807) is 0 Å². The van der Waals surface area contributed by atoms with E-state index in [1.165, 1.54) is 18.4 Å². The van der Waals surface area contributed by atoms with Gasteiger partial charge in [-0.25, -0.2) is 0 Å². The molecule has 1 N–H and O–H groups in total. The van der Waals surface area contributed by atoms with Gasteiger partial charge in [-0.2, -0.15) is 0 Å². The molecule has 68 valence electrons. The SMILES string of the molecule is CCC[C@H](NC)c1cccnc1.[HH]. The zero-order valence-electron chi connectivity index (χ0n) is 7.75. The van der Waals surface area contributed by atoms with Gasteiger partial charge in [0.1, 0.15) is 0 Å². The van der Waals surface area contributed by atoms with Gasteiger partial charge in [-0.3, -0.25) is 4.98 Å². The molecule has 0 aliphatic carbocycles. The van der Waals surface area contributed by atoms with Crippen molar-refractivity contribution in [2.75, 3.05) is 7.05 Å². The maximum atomic E-state index is 4.10. The summed E-state index contributed by atoms with van der Waals surface area (Å²) in [5.74, 6) is 0. The van der Waals surface area contributed by atoms with Gasteiger partial charge in [-0.05, 0) is 25.1 Å². The van der Waals surface area contributed by atoms with Gasteiger partial charge in [0.15, 0.2) is 0 Å². The average Bonchev–Trinajstić information content (AvgIpc) is 2.15. The quantitative estimate of drug-likeness (QED) is 0.743. The number of nitrogens with zero attached hydrogens (tertiary/aromatic N) is 1. The van der Waals surface area contributed by atoms with Crippen LogP contribution in [0.1, 0.15) is 32.8 Å². The lowest BCUT2D eigenvalue weighted by atomic mass is 10.1. The summed E-state index contributed by atoms with van der Waals surface area (Å²) in [6.07, 6.45) is 6.10. The maximum absolute atomic E-state index is 4.10. The number of hydrogen-bond donors (Lipinski definition) is 1. The van der Waals surface area contributed by atoms with Crippen LogP contribution in [0.2, 0.25) is 0 Å². The van der Waals surface area contributed by atoms with Crippen molar-refractivity contribution in [3.63, 3.8) is 0 Å². The summed E-state index contributed by atoms with van der Waals surface area (Å²) in [7, 11) is 1.99. The molecule has 0 spiro atoms. The molecular formula is C10H18N2. The lowest BCUT2D eigenvalue weighted by Crippen LogP contribution is -2.15. The summed E-state index contributed by atoms with van der Waals surface area (Å²) in [6.45, 7) is 2.20. The third kappa shape index (κ3) is 2.31. The van der Waals surface area contributed by atoms with Crippen LogP contribution in [0.5, 0.6) is 0 Å². The van der Waals surface area contributed by atoms with Crippen LogP contribution >= 0.6 is 0 Å². The summed E-state index contributed by atoms with van der Waals surface area (Å²) in [5.41, 5.74) is 1.28. The van der Waals surface area contributed by atoms with Crippen molar-refractivity contribution in [3.05, 3.63) is 30.1 Å². The van der Waals surface area contributed by atoms with E-state index >= 15 is 0 Å². The Hall–Kier alpha value is -0.890. The number of pyridine rings is 1. The van der Waals surface area contributed by atoms with Crippen molar-refractivity contribution in [1.82, 2.24) is 10.3 Å². The summed E-state index contributed by atoms with van der Waals surface area (Å²) >= 11 is 0. The summed E-state index contributed by atoms with van der Waals surface area (Å²) in [6, 6.07) is 4.56. The van der Waals surface area contributed by atoms with Crippen LogP contribution in [0, 0.1) is 0 Å². The zero-order chi connectivity index (χ0) is 8.81. The fourth-order valence-electron chi connectivity index (χ4n) is 1.35. The average molecular weight is 166 g/mol. The molecule has 0 unspecified atom stereocenters. The molecule has 1 aromatic rings. The van der Waals surface area contributed by atoms with Crippen molar-refractivity contribution in [1.29, 1.82) is 0 Å². The molecule has 12 heavy (non-hydrogen) atoms. The van der Waals surface area contributed by atoms with Gasteiger partial charge in [0, 0.05) is 19.9 Å². The molecule has 0 amide bonds. The van der Waals surface area contributed by atoms with E-state index in [-0.39, 0.29) is 1.43 Å². The Morgan fingerprint density at radius 2 is 2.50 bits per heavy atom. The summed E-state index contributed by atoms with van der Waals surface area (Å²) < 4.78 is 0. The first-order valence-electron chi connectivity index (χ1n) is 4.45. The van der Waals surface area contributed by atoms with Crippen molar-refractivity contribution >= 4 is 0 Å². The molecule has 0 saturated carbocycles. The molecule has 0 radical (unpaired) electrons. The third-order valence-electron chi connectivity index (χ3n) is 2.01. The minimum Gasteiger partial charge on any atom is -0.313 e. The molecular weight excluding hydrogens is 148 g/mol. The monoisotopic (exact) mass is 166 g/mol. The van der Waals surface area contributed by atoms with Crippen LogP contribution in [0.3, 0.4) is 0 Å². The number of rotatable bonds is 4. The topological polar surface area (TPSA) is 24.9 Å². The Labute approximate surface area is 75.5 Å². The van der Waals surface area contributed by atoms with Gasteiger partial charge in [-0.1, -0.05) is 19.4 Å². The highest BCUT2D eigenvalue weighted by Gasteiger charge is 2.06. The Kier molecular flexibility index (Phi) is 3.74. The normalized spacial score (nSPS) is 12.8. The second kappa shape index (κ2) is 4.88. The molecule has 0 aliphatic rings. The standard InChI is InChI=1S/C10H16N2.H2/c1-3-5-10(11-2)9-6-4-7-12-8-9;/h4,6-8,10-11H,3,5H2,1-2H3;1H/t10-;/m0./s1. The minimum atomic E-state index is 0. The van der Waals surface area contributed by atoms with Crippen LogP contribution in [-0.2, 0) is 0 Å². The smallest absolute Gasteiger partial charge is 0.0332 e. The van der Waals surface area contributed by atoms with Gasteiger partial charge < -0.3 is 5.32 Å². The molecule has 0 aromatic carbocycles. The number of nitrogens with one attached hydrogen (secondary N) is 1. The molecule has 1 heterocycles. The van der Waals surface area contributed by atoms with Crippen LogP contribution in [0.25, 0.3) is 0 Å². The van der Waals surface area contributed by atoms with Gasteiger partial charge in [0.05, 0.1) is 0 Å². The van der Waals surface area contributed by atoms with Crippen molar-refractivity contribution in [2.24, 2.45) is 0 Å². The predicted octanol–water partition coefficient (Wildman–Crippen LogP) is 2.39. The first-order valence-corrected chi connectivity index (χ1v) is 4.45. The molecule has 1 atom stereocenters. The summed E-state index contributed by atoms with van der Waals surface area (Å²) in [4.78, 5) is 4.10. The first-order chi connectivity index (χ1) is 5.88.